The maximum atomic E-state index is 13.2. The molecule has 142 valence electrons. The van der Waals surface area contributed by atoms with Gasteiger partial charge in [-0.2, -0.15) is 0 Å². The van der Waals surface area contributed by atoms with Crippen molar-refractivity contribution in [3.8, 4) is 5.88 Å². The fourth-order valence-corrected chi connectivity index (χ4v) is 3.50. The fraction of sp³-hybridized carbons (Fsp3) is 0.667. The van der Waals surface area contributed by atoms with Gasteiger partial charge in [0.05, 0.1) is 32.3 Å². The molecule has 3 aliphatic rings. The summed E-state index contributed by atoms with van der Waals surface area (Å²) >= 11 is 0. The number of ether oxygens (including phenoxy) is 1. The summed E-state index contributed by atoms with van der Waals surface area (Å²) in [4.78, 5) is 20.3. The van der Waals surface area contributed by atoms with Gasteiger partial charge >= 0.3 is 0 Å². The quantitative estimate of drug-likeness (QED) is 0.832. The van der Waals surface area contributed by atoms with Gasteiger partial charge in [0.15, 0.2) is 0 Å². The van der Waals surface area contributed by atoms with Crippen LogP contribution in [-0.4, -0.2) is 65.7 Å². The molecule has 6 nitrogen and oxygen atoms in total. The van der Waals surface area contributed by atoms with Crippen LogP contribution < -0.4 is 9.64 Å². The summed E-state index contributed by atoms with van der Waals surface area (Å²) < 4.78 is 32.2. The summed E-state index contributed by atoms with van der Waals surface area (Å²) in [6.07, 6.45) is 3.82. The first kappa shape index (κ1) is 17.5. The Morgan fingerprint density at radius 1 is 1.31 bits per heavy atom. The highest BCUT2D eigenvalue weighted by Gasteiger charge is 2.45. The Morgan fingerprint density at radius 2 is 2.08 bits per heavy atom. The molecule has 1 N–H and O–H groups in total. The van der Waals surface area contributed by atoms with Gasteiger partial charge in [0.25, 0.3) is 11.8 Å². The lowest BCUT2D eigenvalue weighted by molar-refractivity contribution is -0.0265. The summed E-state index contributed by atoms with van der Waals surface area (Å²) in [7, 11) is 0. The van der Waals surface area contributed by atoms with E-state index in [9.17, 15) is 18.7 Å². The lowest BCUT2D eigenvalue weighted by Gasteiger charge is -2.40. The maximum absolute atomic E-state index is 13.2. The van der Waals surface area contributed by atoms with Gasteiger partial charge in [-0.3, -0.25) is 4.79 Å². The predicted octanol–water partition coefficient (Wildman–Crippen LogP) is 1.92. The Hall–Kier alpha value is -1.96. The molecule has 1 amide bonds. The molecule has 1 aliphatic carbocycles. The summed E-state index contributed by atoms with van der Waals surface area (Å²) in [5, 5.41) is 9.43. The van der Waals surface area contributed by atoms with Crippen molar-refractivity contribution in [1.29, 1.82) is 0 Å². The van der Waals surface area contributed by atoms with Crippen molar-refractivity contribution in [2.75, 3.05) is 37.7 Å². The van der Waals surface area contributed by atoms with E-state index in [-0.39, 0.29) is 43.2 Å². The molecule has 2 saturated heterocycles. The van der Waals surface area contributed by atoms with Crippen LogP contribution in [0.2, 0.25) is 0 Å². The van der Waals surface area contributed by atoms with Crippen molar-refractivity contribution in [3.63, 3.8) is 0 Å². The zero-order valence-electron chi connectivity index (χ0n) is 14.5. The highest BCUT2D eigenvalue weighted by Crippen LogP contribution is 2.38. The third-order valence-electron chi connectivity index (χ3n) is 5.25. The van der Waals surface area contributed by atoms with Crippen LogP contribution in [0.15, 0.2) is 12.1 Å². The van der Waals surface area contributed by atoms with Crippen molar-refractivity contribution in [3.05, 3.63) is 17.8 Å². The molecule has 0 radical (unpaired) electrons. The highest BCUT2D eigenvalue weighted by atomic mass is 19.3. The number of pyridine rings is 1. The van der Waals surface area contributed by atoms with Crippen molar-refractivity contribution >= 4 is 11.6 Å². The van der Waals surface area contributed by atoms with E-state index in [2.05, 4.69) is 4.98 Å². The van der Waals surface area contributed by atoms with Crippen LogP contribution in [0.4, 0.5) is 14.5 Å². The first-order valence-electron chi connectivity index (χ1n) is 9.15. The van der Waals surface area contributed by atoms with Gasteiger partial charge in [-0.05, 0) is 43.7 Å². The number of likely N-dealkylation sites (tertiary alicyclic amines) is 1. The number of rotatable bonds is 6. The molecule has 2 aliphatic heterocycles. The smallest absolute Gasteiger partial charge is 0.282 e. The minimum atomic E-state index is -2.69. The molecule has 0 bridgehead atoms. The first-order valence-corrected chi connectivity index (χ1v) is 9.15. The van der Waals surface area contributed by atoms with E-state index in [4.69, 9.17) is 4.74 Å². The van der Waals surface area contributed by atoms with E-state index in [1.54, 1.807) is 17.0 Å². The Labute approximate surface area is 150 Å². The Bertz CT molecular complexity index is 688. The van der Waals surface area contributed by atoms with E-state index >= 15 is 0 Å². The fourth-order valence-electron chi connectivity index (χ4n) is 3.50. The molecule has 3 heterocycles. The number of hydrogen-bond donors (Lipinski definition) is 1. The third-order valence-corrected chi connectivity index (χ3v) is 5.25. The second kappa shape index (κ2) is 6.64. The minimum Gasteiger partial charge on any atom is -0.476 e. The first-order chi connectivity index (χ1) is 12.5. The zero-order valence-corrected chi connectivity index (χ0v) is 14.5. The molecule has 1 aromatic rings. The normalized spacial score (nSPS) is 24.5. The van der Waals surface area contributed by atoms with Crippen LogP contribution >= 0.6 is 0 Å². The van der Waals surface area contributed by atoms with Crippen molar-refractivity contribution in [1.82, 2.24) is 9.88 Å². The molecule has 26 heavy (non-hydrogen) atoms. The largest absolute Gasteiger partial charge is 0.476 e. The van der Waals surface area contributed by atoms with Crippen LogP contribution in [-0.2, 0) is 0 Å². The minimum absolute atomic E-state index is 0.0717. The molecule has 0 aromatic carbocycles. The van der Waals surface area contributed by atoms with Crippen molar-refractivity contribution in [2.24, 2.45) is 5.92 Å². The summed E-state index contributed by atoms with van der Waals surface area (Å²) in [6.45, 7) is 0.285. The summed E-state index contributed by atoms with van der Waals surface area (Å²) in [5.41, 5.74) is 0.737. The SMILES string of the molecule is O=C(c1ccc(N2CC(F)(F)C2)c(OCC2CC2)n1)N1CCCC1CO. The number of carbonyl (C=O) groups is 1. The monoisotopic (exact) mass is 367 g/mol. The lowest BCUT2D eigenvalue weighted by atomic mass is 10.1. The molecule has 1 saturated carbocycles. The Morgan fingerprint density at radius 3 is 2.73 bits per heavy atom. The molecule has 0 spiro atoms. The van der Waals surface area contributed by atoms with Crippen LogP contribution in [0.1, 0.15) is 36.2 Å². The number of alkyl halides is 2. The molecule has 1 unspecified atom stereocenters. The Kier molecular flexibility index (Phi) is 4.46. The van der Waals surface area contributed by atoms with Gasteiger partial charge in [0, 0.05) is 6.54 Å². The number of aliphatic hydroxyl groups excluding tert-OH is 1. The number of amides is 1. The highest BCUT2D eigenvalue weighted by molar-refractivity contribution is 5.93. The molecule has 8 heteroatoms. The molecule has 1 aromatic heterocycles. The molecule has 1 atom stereocenters. The van der Waals surface area contributed by atoms with E-state index in [1.807, 2.05) is 0 Å². The van der Waals surface area contributed by atoms with E-state index < -0.39 is 5.92 Å². The second-order valence-electron chi connectivity index (χ2n) is 7.46. The van der Waals surface area contributed by atoms with E-state index in [0.29, 0.717) is 24.8 Å². The van der Waals surface area contributed by atoms with E-state index in [1.165, 1.54) is 4.90 Å². The van der Waals surface area contributed by atoms with Gasteiger partial charge in [-0.1, -0.05) is 0 Å². The standard InChI is InChI=1S/C18H23F2N3O3/c19-18(20)10-22(11-18)15-6-5-14(21-16(15)26-9-12-3-4-12)17(25)23-7-1-2-13(23)8-24/h5-6,12-13,24H,1-4,7-11H2. The molecular weight excluding hydrogens is 344 g/mol. The van der Waals surface area contributed by atoms with Gasteiger partial charge < -0.3 is 19.6 Å². The van der Waals surface area contributed by atoms with Crippen molar-refractivity contribution < 1.29 is 23.4 Å². The second-order valence-corrected chi connectivity index (χ2v) is 7.46. The van der Waals surface area contributed by atoms with Crippen LogP contribution in [0, 0.1) is 5.92 Å². The van der Waals surface area contributed by atoms with Gasteiger partial charge in [0.2, 0.25) is 5.88 Å². The number of aliphatic hydroxyl groups is 1. The number of carbonyl (C=O) groups excluding carboxylic acids is 1. The topological polar surface area (TPSA) is 65.9 Å². The number of halogens is 2. The average molecular weight is 367 g/mol. The predicted molar refractivity (Wildman–Crippen MR) is 90.8 cm³/mol. The van der Waals surface area contributed by atoms with Crippen LogP contribution in [0.25, 0.3) is 0 Å². The van der Waals surface area contributed by atoms with E-state index in [0.717, 1.165) is 25.7 Å². The third kappa shape index (κ3) is 3.47. The number of anilines is 1. The van der Waals surface area contributed by atoms with Gasteiger partial charge in [-0.25, -0.2) is 13.8 Å². The van der Waals surface area contributed by atoms with Gasteiger partial charge in [-0.15, -0.1) is 0 Å². The molecule has 3 fully saturated rings. The molecule has 4 rings (SSSR count). The average Bonchev–Trinajstić information content (AvgIpc) is 3.31. The summed E-state index contributed by atoms with van der Waals surface area (Å²) in [5.74, 6) is -2.21. The number of aromatic nitrogens is 1. The van der Waals surface area contributed by atoms with Crippen LogP contribution in [0.3, 0.4) is 0 Å². The molecular formula is C18H23F2N3O3. The van der Waals surface area contributed by atoms with Gasteiger partial charge in [0.1, 0.15) is 11.4 Å². The number of hydrogen-bond acceptors (Lipinski definition) is 5. The van der Waals surface area contributed by atoms with Crippen molar-refractivity contribution in [2.45, 2.75) is 37.6 Å². The maximum Gasteiger partial charge on any atom is 0.282 e. The Balaban J connectivity index is 1.55. The van der Waals surface area contributed by atoms with Crippen LogP contribution in [0.5, 0.6) is 5.88 Å². The lowest BCUT2D eigenvalue weighted by Crippen LogP contribution is -2.56. The zero-order chi connectivity index (χ0) is 18.3. The number of nitrogens with zero attached hydrogens (tertiary/aromatic N) is 3. The summed E-state index contributed by atoms with van der Waals surface area (Å²) in [6, 6.07) is 3.01.